The first-order valence-corrected chi connectivity index (χ1v) is 11.2. The van der Waals surface area contributed by atoms with E-state index in [0.717, 1.165) is 34.7 Å². The number of carbonyl (C=O) groups is 2. The SMILES string of the molecule is C=CCN(CC(=O)N(Cc1ccc(F)cc1)Cc1cccs1)C(=O)c1ccc(C(F)(F)F)cc1. The average molecular weight is 491 g/mol. The summed E-state index contributed by atoms with van der Waals surface area (Å²) in [6.45, 7) is 3.85. The Hall–Kier alpha value is -3.46. The lowest BCUT2D eigenvalue weighted by Crippen LogP contribution is -2.42. The summed E-state index contributed by atoms with van der Waals surface area (Å²) in [5.74, 6) is -1.33. The number of hydrogen-bond donors (Lipinski definition) is 0. The van der Waals surface area contributed by atoms with Gasteiger partial charge >= 0.3 is 6.18 Å². The van der Waals surface area contributed by atoms with Crippen LogP contribution in [0.4, 0.5) is 17.6 Å². The average Bonchev–Trinajstić information content (AvgIpc) is 3.32. The monoisotopic (exact) mass is 490 g/mol. The van der Waals surface area contributed by atoms with E-state index in [1.807, 2.05) is 17.5 Å². The van der Waals surface area contributed by atoms with Gasteiger partial charge in [0.25, 0.3) is 5.91 Å². The summed E-state index contributed by atoms with van der Waals surface area (Å²) in [7, 11) is 0. The number of nitrogens with zero attached hydrogens (tertiary/aromatic N) is 2. The van der Waals surface area contributed by atoms with Crippen LogP contribution in [-0.4, -0.2) is 34.7 Å². The summed E-state index contributed by atoms with van der Waals surface area (Å²) < 4.78 is 51.8. The standard InChI is InChI=1S/C25H22F4N2O2S/c1-2-13-30(24(33)19-7-9-20(10-8-19)25(27,28)29)17-23(32)31(16-22-4-3-14-34-22)15-18-5-11-21(26)12-6-18/h2-12,14H,1,13,15-17H2. The van der Waals surface area contributed by atoms with E-state index in [0.29, 0.717) is 6.54 Å². The molecule has 0 unspecified atom stereocenters. The summed E-state index contributed by atoms with van der Waals surface area (Å²) in [5.41, 5.74) is -0.113. The maximum atomic E-state index is 13.3. The van der Waals surface area contributed by atoms with Crippen molar-refractivity contribution in [3.63, 3.8) is 0 Å². The third-order valence-corrected chi connectivity index (χ3v) is 5.85. The second-order valence-electron chi connectivity index (χ2n) is 7.51. The van der Waals surface area contributed by atoms with Crippen LogP contribution in [0.15, 0.2) is 78.7 Å². The molecule has 3 aromatic rings. The first-order chi connectivity index (χ1) is 16.2. The largest absolute Gasteiger partial charge is 0.416 e. The minimum atomic E-state index is -4.51. The molecule has 1 aromatic heterocycles. The quantitative estimate of drug-likeness (QED) is 0.283. The van der Waals surface area contributed by atoms with E-state index in [1.165, 1.54) is 34.4 Å². The molecule has 2 amide bonds. The number of hydrogen-bond acceptors (Lipinski definition) is 3. The normalized spacial score (nSPS) is 11.2. The lowest BCUT2D eigenvalue weighted by atomic mass is 10.1. The van der Waals surface area contributed by atoms with Crippen molar-refractivity contribution in [2.75, 3.05) is 13.1 Å². The van der Waals surface area contributed by atoms with Crippen LogP contribution in [0.5, 0.6) is 0 Å². The van der Waals surface area contributed by atoms with Gasteiger partial charge in [0, 0.05) is 23.5 Å². The Kier molecular flexibility index (Phi) is 8.22. The van der Waals surface area contributed by atoms with Crippen LogP contribution in [0.1, 0.15) is 26.4 Å². The van der Waals surface area contributed by atoms with Crippen molar-refractivity contribution in [2.24, 2.45) is 0 Å². The number of amides is 2. The number of alkyl halides is 3. The highest BCUT2D eigenvalue weighted by atomic mass is 32.1. The van der Waals surface area contributed by atoms with E-state index >= 15 is 0 Å². The first kappa shape index (κ1) is 25.2. The van der Waals surface area contributed by atoms with Crippen molar-refractivity contribution < 1.29 is 27.2 Å². The molecule has 0 bridgehead atoms. The van der Waals surface area contributed by atoms with Gasteiger partial charge in [-0.3, -0.25) is 9.59 Å². The van der Waals surface area contributed by atoms with Crippen LogP contribution in [-0.2, 0) is 24.1 Å². The van der Waals surface area contributed by atoms with Crippen LogP contribution in [0.2, 0.25) is 0 Å². The van der Waals surface area contributed by atoms with Gasteiger partial charge in [0.2, 0.25) is 5.91 Å². The zero-order valence-electron chi connectivity index (χ0n) is 18.1. The summed E-state index contributed by atoms with van der Waals surface area (Å²) in [6.07, 6.45) is -3.07. The molecule has 0 saturated carbocycles. The van der Waals surface area contributed by atoms with Crippen molar-refractivity contribution in [2.45, 2.75) is 19.3 Å². The molecule has 9 heteroatoms. The number of benzene rings is 2. The predicted octanol–water partition coefficient (Wildman–Crippen LogP) is 5.76. The van der Waals surface area contributed by atoms with Crippen molar-refractivity contribution in [3.05, 3.63) is 106 Å². The van der Waals surface area contributed by atoms with Gasteiger partial charge in [-0.15, -0.1) is 17.9 Å². The van der Waals surface area contributed by atoms with E-state index in [2.05, 4.69) is 6.58 Å². The number of rotatable bonds is 9. The third-order valence-electron chi connectivity index (χ3n) is 4.99. The summed E-state index contributed by atoms with van der Waals surface area (Å²) in [5, 5.41) is 1.88. The molecular weight excluding hydrogens is 468 g/mol. The Bertz CT molecular complexity index is 1110. The zero-order valence-corrected chi connectivity index (χ0v) is 18.9. The molecule has 34 heavy (non-hydrogen) atoms. The van der Waals surface area contributed by atoms with Gasteiger partial charge in [-0.2, -0.15) is 13.2 Å². The van der Waals surface area contributed by atoms with Gasteiger partial charge in [0.1, 0.15) is 12.4 Å². The highest BCUT2D eigenvalue weighted by Gasteiger charge is 2.30. The van der Waals surface area contributed by atoms with Gasteiger partial charge < -0.3 is 9.80 Å². The minimum absolute atomic E-state index is 0.0333. The van der Waals surface area contributed by atoms with E-state index in [-0.39, 0.29) is 36.9 Å². The Balaban J connectivity index is 1.78. The summed E-state index contributed by atoms with van der Waals surface area (Å²) in [4.78, 5) is 29.9. The van der Waals surface area contributed by atoms with Gasteiger partial charge in [-0.25, -0.2) is 4.39 Å². The predicted molar refractivity (Wildman–Crippen MR) is 123 cm³/mol. The van der Waals surface area contributed by atoms with E-state index in [4.69, 9.17) is 0 Å². The zero-order chi connectivity index (χ0) is 24.7. The van der Waals surface area contributed by atoms with Crippen LogP contribution < -0.4 is 0 Å². The molecule has 2 aromatic carbocycles. The topological polar surface area (TPSA) is 40.6 Å². The van der Waals surface area contributed by atoms with E-state index in [9.17, 15) is 27.2 Å². The lowest BCUT2D eigenvalue weighted by Gasteiger charge is -2.27. The maximum Gasteiger partial charge on any atom is 0.416 e. The Morgan fingerprint density at radius 3 is 2.18 bits per heavy atom. The van der Waals surface area contributed by atoms with Crippen molar-refractivity contribution >= 4 is 23.2 Å². The molecule has 0 aliphatic heterocycles. The van der Waals surface area contributed by atoms with Crippen molar-refractivity contribution in [1.82, 2.24) is 9.80 Å². The summed E-state index contributed by atoms with van der Waals surface area (Å²) >= 11 is 1.47. The Morgan fingerprint density at radius 1 is 0.941 bits per heavy atom. The molecule has 0 atom stereocenters. The molecule has 0 spiro atoms. The molecule has 1 heterocycles. The maximum absolute atomic E-state index is 13.3. The lowest BCUT2D eigenvalue weighted by molar-refractivity contribution is -0.137. The molecular formula is C25H22F4N2O2S. The van der Waals surface area contributed by atoms with E-state index < -0.39 is 17.6 Å². The fraction of sp³-hybridized carbons (Fsp3) is 0.200. The second kappa shape index (κ2) is 11.1. The van der Waals surface area contributed by atoms with Crippen LogP contribution in [0.25, 0.3) is 0 Å². The molecule has 0 saturated heterocycles. The number of halogens is 4. The Morgan fingerprint density at radius 2 is 1.62 bits per heavy atom. The van der Waals surface area contributed by atoms with Gasteiger partial charge in [-0.05, 0) is 53.4 Å². The molecule has 178 valence electrons. The third kappa shape index (κ3) is 6.77. The molecule has 0 fully saturated rings. The van der Waals surface area contributed by atoms with Gasteiger partial charge in [0.15, 0.2) is 0 Å². The Labute approximate surface area is 198 Å². The summed E-state index contributed by atoms with van der Waals surface area (Å²) in [6, 6.07) is 13.4. The molecule has 0 aliphatic carbocycles. The molecule has 4 nitrogen and oxygen atoms in total. The fourth-order valence-corrected chi connectivity index (χ4v) is 3.98. The first-order valence-electron chi connectivity index (χ1n) is 10.3. The van der Waals surface area contributed by atoms with Gasteiger partial charge in [-0.1, -0.05) is 24.3 Å². The van der Waals surface area contributed by atoms with Crippen LogP contribution >= 0.6 is 11.3 Å². The smallest absolute Gasteiger partial charge is 0.332 e. The number of carbonyl (C=O) groups excluding carboxylic acids is 2. The van der Waals surface area contributed by atoms with E-state index in [1.54, 1.807) is 17.0 Å². The highest BCUT2D eigenvalue weighted by molar-refractivity contribution is 7.09. The fourth-order valence-electron chi connectivity index (χ4n) is 3.26. The number of thiophene rings is 1. The van der Waals surface area contributed by atoms with Crippen LogP contribution in [0, 0.1) is 5.82 Å². The second-order valence-corrected chi connectivity index (χ2v) is 8.54. The molecule has 0 aliphatic rings. The van der Waals surface area contributed by atoms with Gasteiger partial charge in [0.05, 0.1) is 12.1 Å². The molecule has 3 rings (SSSR count). The van der Waals surface area contributed by atoms with Crippen LogP contribution in [0.3, 0.4) is 0 Å². The van der Waals surface area contributed by atoms with Crippen molar-refractivity contribution in [1.29, 1.82) is 0 Å². The molecule has 0 radical (unpaired) electrons. The highest BCUT2D eigenvalue weighted by Crippen LogP contribution is 2.29. The van der Waals surface area contributed by atoms with Crippen molar-refractivity contribution in [3.8, 4) is 0 Å². The minimum Gasteiger partial charge on any atom is -0.332 e. The molecule has 0 N–H and O–H groups in total.